The van der Waals surface area contributed by atoms with Crippen molar-refractivity contribution >= 4 is 5.91 Å². The highest BCUT2D eigenvalue weighted by molar-refractivity contribution is 5.79. The average Bonchev–Trinajstić information content (AvgIpc) is 2.55. The van der Waals surface area contributed by atoms with Crippen molar-refractivity contribution in [3.63, 3.8) is 0 Å². The molecule has 5 heteroatoms. The second-order valence-electron chi connectivity index (χ2n) is 6.18. The third-order valence-electron chi connectivity index (χ3n) is 4.23. The molecule has 1 aromatic rings. The molecule has 128 valence electrons. The zero-order chi connectivity index (χ0) is 16.7. The molecule has 1 saturated heterocycles. The van der Waals surface area contributed by atoms with Gasteiger partial charge in [-0.3, -0.25) is 4.79 Å². The van der Waals surface area contributed by atoms with Gasteiger partial charge >= 0.3 is 0 Å². The van der Waals surface area contributed by atoms with Crippen molar-refractivity contribution in [2.45, 2.75) is 38.6 Å². The molecule has 5 nitrogen and oxygen atoms in total. The number of benzene rings is 1. The Labute approximate surface area is 139 Å². The predicted molar refractivity (Wildman–Crippen MR) is 91.1 cm³/mol. The van der Waals surface area contributed by atoms with Crippen LogP contribution < -0.4 is 14.8 Å². The molecule has 1 atom stereocenters. The summed E-state index contributed by atoms with van der Waals surface area (Å²) in [6.45, 7) is 5.27. The third kappa shape index (κ3) is 5.43. The van der Waals surface area contributed by atoms with Crippen molar-refractivity contribution in [2.75, 3.05) is 33.9 Å². The van der Waals surface area contributed by atoms with Gasteiger partial charge in [0.15, 0.2) is 0 Å². The standard InChI is InChI=1S/C18H28N2O3/c1-14(13-20-9-5-4-6-10-20)19-18(21)12-15-11-16(22-2)7-8-17(15)23-3/h7-8,11,14H,4-6,9-10,12-13H2,1-3H3,(H,19,21). The van der Waals surface area contributed by atoms with Crippen LogP contribution in [-0.2, 0) is 11.2 Å². The molecule has 0 bridgehead atoms. The first-order valence-electron chi connectivity index (χ1n) is 8.35. The smallest absolute Gasteiger partial charge is 0.224 e. The number of nitrogens with zero attached hydrogens (tertiary/aromatic N) is 1. The summed E-state index contributed by atoms with van der Waals surface area (Å²) in [4.78, 5) is 14.7. The van der Waals surface area contributed by atoms with E-state index in [0.29, 0.717) is 12.2 Å². The summed E-state index contributed by atoms with van der Waals surface area (Å²) < 4.78 is 10.6. The number of amides is 1. The van der Waals surface area contributed by atoms with Crippen LogP contribution in [0, 0.1) is 0 Å². The zero-order valence-corrected chi connectivity index (χ0v) is 14.4. The number of ether oxygens (including phenoxy) is 2. The number of piperidine rings is 1. The molecule has 0 saturated carbocycles. The molecule has 1 N–H and O–H groups in total. The van der Waals surface area contributed by atoms with Gasteiger partial charge in [0.25, 0.3) is 0 Å². The van der Waals surface area contributed by atoms with Gasteiger partial charge in [-0.15, -0.1) is 0 Å². The van der Waals surface area contributed by atoms with Gasteiger partial charge in [-0.2, -0.15) is 0 Å². The van der Waals surface area contributed by atoms with E-state index in [0.717, 1.165) is 30.9 Å². The van der Waals surface area contributed by atoms with E-state index in [2.05, 4.69) is 17.1 Å². The van der Waals surface area contributed by atoms with Gasteiger partial charge in [0, 0.05) is 18.2 Å². The number of likely N-dealkylation sites (tertiary alicyclic amines) is 1. The summed E-state index contributed by atoms with van der Waals surface area (Å²) >= 11 is 0. The Morgan fingerprint density at radius 3 is 2.61 bits per heavy atom. The Balaban J connectivity index is 1.88. The van der Waals surface area contributed by atoms with Crippen molar-refractivity contribution in [3.05, 3.63) is 23.8 Å². The fourth-order valence-electron chi connectivity index (χ4n) is 3.09. The molecule has 2 rings (SSSR count). The maximum Gasteiger partial charge on any atom is 0.224 e. The lowest BCUT2D eigenvalue weighted by atomic mass is 10.1. The van der Waals surface area contributed by atoms with Gasteiger partial charge in [-0.25, -0.2) is 0 Å². The van der Waals surface area contributed by atoms with Gasteiger partial charge in [0.05, 0.1) is 20.6 Å². The normalized spacial score (nSPS) is 16.7. The van der Waals surface area contributed by atoms with Crippen molar-refractivity contribution in [3.8, 4) is 11.5 Å². The van der Waals surface area contributed by atoms with E-state index in [1.54, 1.807) is 14.2 Å². The monoisotopic (exact) mass is 320 g/mol. The molecule has 23 heavy (non-hydrogen) atoms. The van der Waals surface area contributed by atoms with Crippen LogP contribution in [0.3, 0.4) is 0 Å². The molecule has 1 aliphatic rings. The molecule has 0 radical (unpaired) electrons. The summed E-state index contributed by atoms with van der Waals surface area (Å²) in [6, 6.07) is 5.67. The molecule has 1 heterocycles. The van der Waals surface area contributed by atoms with Crippen LogP contribution >= 0.6 is 0 Å². The minimum absolute atomic E-state index is 0.0149. The number of nitrogens with one attached hydrogen (secondary N) is 1. The van der Waals surface area contributed by atoms with E-state index in [-0.39, 0.29) is 11.9 Å². The van der Waals surface area contributed by atoms with Crippen LogP contribution in [0.2, 0.25) is 0 Å². The van der Waals surface area contributed by atoms with E-state index < -0.39 is 0 Å². The first-order valence-corrected chi connectivity index (χ1v) is 8.35. The highest BCUT2D eigenvalue weighted by Gasteiger charge is 2.16. The van der Waals surface area contributed by atoms with E-state index >= 15 is 0 Å². The van der Waals surface area contributed by atoms with Gasteiger partial charge in [0.1, 0.15) is 11.5 Å². The minimum atomic E-state index is 0.0149. The lowest BCUT2D eigenvalue weighted by Gasteiger charge is -2.29. The second-order valence-corrected chi connectivity index (χ2v) is 6.18. The Kier molecular flexibility index (Phi) is 6.71. The SMILES string of the molecule is COc1ccc(OC)c(CC(=O)NC(C)CN2CCCCC2)c1. The first-order chi connectivity index (χ1) is 11.1. The molecule has 1 amide bonds. The van der Waals surface area contributed by atoms with Gasteiger partial charge in [-0.1, -0.05) is 6.42 Å². The van der Waals surface area contributed by atoms with Crippen LogP contribution in [0.5, 0.6) is 11.5 Å². The van der Waals surface area contributed by atoms with E-state index in [1.807, 2.05) is 18.2 Å². The highest BCUT2D eigenvalue weighted by Crippen LogP contribution is 2.24. The number of hydrogen-bond donors (Lipinski definition) is 1. The van der Waals surface area contributed by atoms with E-state index in [1.165, 1.54) is 19.3 Å². The van der Waals surface area contributed by atoms with Crippen molar-refractivity contribution < 1.29 is 14.3 Å². The Morgan fingerprint density at radius 1 is 1.22 bits per heavy atom. The van der Waals surface area contributed by atoms with E-state index in [4.69, 9.17) is 9.47 Å². The zero-order valence-electron chi connectivity index (χ0n) is 14.4. The number of carbonyl (C=O) groups is 1. The van der Waals surface area contributed by atoms with Crippen LogP contribution in [0.4, 0.5) is 0 Å². The van der Waals surface area contributed by atoms with Crippen LogP contribution in [0.25, 0.3) is 0 Å². The summed E-state index contributed by atoms with van der Waals surface area (Å²) in [5, 5.41) is 3.09. The average molecular weight is 320 g/mol. The molecule has 0 aromatic heterocycles. The number of hydrogen-bond acceptors (Lipinski definition) is 4. The quantitative estimate of drug-likeness (QED) is 0.837. The molecule has 1 aliphatic heterocycles. The minimum Gasteiger partial charge on any atom is -0.497 e. The molecular weight excluding hydrogens is 292 g/mol. The van der Waals surface area contributed by atoms with E-state index in [9.17, 15) is 4.79 Å². The number of methoxy groups -OCH3 is 2. The van der Waals surface area contributed by atoms with Crippen molar-refractivity contribution in [1.82, 2.24) is 10.2 Å². The topological polar surface area (TPSA) is 50.8 Å². The third-order valence-corrected chi connectivity index (χ3v) is 4.23. The molecule has 1 fully saturated rings. The Bertz CT molecular complexity index is 513. The molecular formula is C18H28N2O3. The maximum atomic E-state index is 12.3. The highest BCUT2D eigenvalue weighted by atomic mass is 16.5. The molecule has 1 unspecified atom stereocenters. The summed E-state index contributed by atoms with van der Waals surface area (Å²) in [5.74, 6) is 1.46. The fraction of sp³-hybridized carbons (Fsp3) is 0.611. The van der Waals surface area contributed by atoms with Crippen LogP contribution in [-0.4, -0.2) is 50.7 Å². The molecule has 0 aliphatic carbocycles. The predicted octanol–water partition coefficient (Wildman–Crippen LogP) is 2.24. The van der Waals surface area contributed by atoms with Gasteiger partial charge in [0.2, 0.25) is 5.91 Å². The summed E-state index contributed by atoms with van der Waals surface area (Å²) in [6.07, 6.45) is 4.15. The fourth-order valence-corrected chi connectivity index (χ4v) is 3.09. The molecule has 1 aromatic carbocycles. The van der Waals surface area contributed by atoms with Gasteiger partial charge < -0.3 is 19.7 Å². The molecule has 0 spiro atoms. The summed E-state index contributed by atoms with van der Waals surface area (Å²) in [7, 11) is 3.23. The van der Waals surface area contributed by atoms with Gasteiger partial charge in [-0.05, 0) is 51.1 Å². The number of rotatable bonds is 7. The van der Waals surface area contributed by atoms with Crippen LogP contribution in [0.15, 0.2) is 18.2 Å². The lowest BCUT2D eigenvalue weighted by molar-refractivity contribution is -0.121. The van der Waals surface area contributed by atoms with Crippen molar-refractivity contribution in [1.29, 1.82) is 0 Å². The largest absolute Gasteiger partial charge is 0.497 e. The van der Waals surface area contributed by atoms with Crippen molar-refractivity contribution in [2.24, 2.45) is 0 Å². The maximum absolute atomic E-state index is 12.3. The first kappa shape index (κ1) is 17.6. The second kappa shape index (κ2) is 8.77. The van der Waals surface area contributed by atoms with Crippen LogP contribution in [0.1, 0.15) is 31.7 Å². The Hall–Kier alpha value is -1.75. The number of carbonyl (C=O) groups excluding carboxylic acids is 1. The lowest BCUT2D eigenvalue weighted by Crippen LogP contribution is -2.44. The summed E-state index contributed by atoms with van der Waals surface area (Å²) in [5.41, 5.74) is 0.842. The Morgan fingerprint density at radius 2 is 1.96 bits per heavy atom.